The molecule has 0 atom stereocenters. The Labute approximate surface area is 150 Å². The number of benzene rings is 2. The second-order valence-electron chi connectivity index (χ2n) is 5.80. The van der Waals surface area contributed by atoms with E-state index in [-0.39, 0.29) is 18.3 Å². The zero-order valence-electron chi connectivity index (χ0n) is 13.9. The molecule has 3 rings (SSSR count). The maximum absolute atomic E-state index is 13.6. The van der Waals surface area contributed by atoms with Crippen LogP contribution in [0.1, 0.15) is 27.2 Å². The average molecular weight is 358 g/mol. The van der Waals surface area contributed by atoms with E-state index in [9.17, 15) is 9.18 Å². The van der Waals surface area contributed by atoms with Gasteiger partial charge in [0.1, 0.15) is 5.82 Å². The Morgan fingerprint density at radius 1 is 1.20 bits per heavy atom. The maximum Gasteiger partial charge on any atom is 0.255 e. The third kappa shape index (κ3) is 3.72. The van der Waals surface area contributed by atoms with Crippen LogP contribution in [0.2, 0.25) is 5.02 Å². The first-order chi connectivity index (χ1) is 12.0. The van der Waals surface area contributed by atoms with Crippen LogP contribution < -0.4 is 5.32 Å². The molecule has 0 fully saturated rings. The molecule has 1 N–H and O–H groups in total. The largest absolute Gasteiger partial charge is 0.348 e. The molecular formula is C19H17ClFN3O. The minimum atomic E-state index is -0.279. The number of carbonyl (C=O) groups is 1. The first kappa shape index (κ1) is 17.2. The van der Waals surface area contributed by atoms with Crippen molar-refractivity contribution in [1.29, 1.82) is 0 Å². The summed E-state index contributed by atoms with van der Waals surface area (Å²) in [5.74, 6) is -0.530. The number of hydrogen-bond acceptors (Lipinski definition) is 2. The van der Waals surface area contributed by atoms with Gasteiger partial charge in [-0.1, -0.05) is 23.7 Å². The molecule has 0 unspecified atom stereocenters. The van der Waals surface area contributed by atoms with Crippen molar-refractivity contribution in [2.75, 3.05) is 0 Å². The Morgan fingerprint density at radius 3 is 2.60 bits per heavy atom. The Bertz CT molecular complexity index is 919. The number of carbonyl (C=O) groups excluding carboxylic acids is 1. The Hall–Kier alpha value is -2.66. The van der Waals surface area contributed by atoms with Crippen molar-refractivity contribution in [3.05, 3.63) is 81.9 Å². The molecular weight excluding hydrogens is 341 g/mol. The first-order valence-electron chi connectivity index (χ1n) is 7.79. The van der Waals surface area contributed by atoms with Gasteiger partial charge in [0.25, 0.3) is 5.91 Å². The van der Waals surface area contributed by atoms with Crippen molar-refractivity contribution in [1.82, 2.24) is 15.1 Å². The smallest absolute Gasteiger partial charge is 0.255 e. The summed E-state index contributed by atoms with van der Waals surface area (Å²) in [6, 6.07) is 12.1. The molecule has 0 bridgehead atoms. The number of aryl methyl sites for hydroxylation is 1. The highest BCUT2D eigenvalue weighted by atomic mass is 35.5. The summed E-state index contributed by atoms with van der Waals surface area (Å²) in [6.07, 6.45) is 1.52. The highest BCUT2D eigenvalue weighted by molar-refractivity contribution is 6.30. The molecule has 0 spiro atoms. The monoisotopic (exact) mass is 357 g/mol. The maximum atomic E-state index is 13.6. The second kappa shape index (κ2) is 7.07. The van der Waals surface area contributed by atoms with Crippen LogP contribution in [0.5, 0.6) is 0 Å². The fraction of sp³-hybridized carbons (Fsp3) is 0.158. The standard InChI is InChI=1S/C19H17ClFN3O/c1-12-3-4-14(9-18(12)21)10-22-19(25)17-11-23-24(13(17)2)16-7-5-15(20)6-8-16/h3-9,11H,10H2,1-2H3,(H,22,25). The summed E-state index contributed by atoms with van der Waals surface area (Å²) in [6.45, 7) is 3.77. The summed E-state index contributed by atoms with van der Waals surface area (Å²) in [4.78, 5) is 12.4. The summed E-state index contributed by atoms with van der Waals surface area (Å²) in [7, 11) is 0. The number of nitrogens with one attached hydrogen (secondary N) is 1. The van der Waals surface area contributed by atoms with E-state index in [0.717, 1.165) is 11.4 Å². The van der Waals surface area contributed by atoms with Crippen LogP contribution in [0.4, 0.5) is 4.39 Å². The molecule has 0 aliphatic heterocycles. The minimum absolute atomic E-state index is 0.251. The lowest BCUT2D eigenvalue weighted by atomic mass is 10.1. The molecule has 0 aliphatic carbocycles. The van der Waals surface area contributed by atoms with Gasteiger partial charge in [-0.25, -0.2) is 9.07 Å². The van der Waals surface area contributed by atoms with E-state index in [1.54, 1.807) is 35.9 Å². The van der Waals surface area contributed by atoms with Gasteiger partial charge < -0.3 is 5.32 Å². The van der Waals surface area contributed by atoms with Gasteiger partial charge in [-0.05, 0) is 55.3 Å². The molecule has 0 saturated heterocycles. The van der Waals surface area contributed by atoms with Gasteiger partial charge in [-0.3, -0.25) is 4.79 Å². The number of aromatic nitrogens is 2. The molecule has 2 aromatic carbocycles. The number of nitrogens with zero attached hydrogens (tertiary/aromatic N) is 2. The Kier molecular flexibility index (Phi) is 4.86. The van der Waals surface area contributed by atoms with Crippen LogP contribution in [0.15, 0.2) is 48.7 Å². The predicted octanol–water partition coefficient (Wildman–Crippen LogP) is 4.21. The van der Waals surface area contributed by atoms with E-state index >= 15 is 0 Å². The molecule has 4 nitrogen and oxygen atoms in total. The van der Waals surface area contributed by atoms with Crippen molar-refractivity contribution in [2.24, 2.45) is 0 Å². The number of rotatable bonds is 4. The SMILES string of the molecule is Cc1ccc(CNC(=O)c2cnn(-c3ccc(Cl)cc3)c2C)cc1F. The predicted molar refractivity (Wildman–Crippen MR) is 95.6 cm³/mol. The molecule has 0 radical (unpaired) electrons. The van der Waals surface area contributed by atoms with E-state index in [1.807, 2.05) is 19.1 Å². The summed E-state index contributed by atoms with van der Waals surface area (Å²) >= 11 is 5.89. The van der Waals surface area contributed by atoms with Crippen LogP contribution in [0.25, 0.3) is 5.69 Å². The van der Waals surface area contributed by atoms with Gasteiger partial charge in [0, 0.05) is 11.6 Å². The van der Waals surface area contributed by atoms with Crippen LogP contribution in [0, 0.1) is 19.7 Å². The fourth-order valence-corrected chi connectivity index (χ4v) is 2.62. The molecule has 1 amide bonds. The van der Waals surface area contributed by atoms with Gasteiger partial charge in [0.2, 0.25) is 0 Å². The van der Waals surface area contributed by atoms with Crippen molar-refractivity contribution in [3.63, 3.8) is 0 Å². The Morgan fingerprint density at radius 2 is 1.92 bits per heavy atom. The molecule has 6 heteroatoms. The highest BCUT2D eigenvalue weighted by Gasteiger charge is 2.15. The van der Waals surface area contributed by atoms with Gasteiger partial charge in [-0.2, -0.15) is 5.10 Å². The lowest BCUT2D eigenvalue weighted by molar-refractivity contribution is 0.0950. The normalized spacial score (nSPS) is 10.7. The lowest BCUT2D eigenvalue weighted by Crippen LogP contribution is -2.23. The molecule has 3 aromatic rings. The number of hydrogen-bond donors (Lipinski definition) is 1. The second-order valence-corrected chi connectivity index (χ2v) is 6.23. The van der Waals surface area contributed by atoms with Crippen LogP contribution >= 0.6 is 11.6 Å². The topological polar surface area (TPSA) is 46.9 Å². The quantitative estimate of drug-likeness (QED) is 0.760. The Balaban J connectivity index is 1.74. The van der Waals surface area contributed by atoms with E-state index in [2.05, 4.69) is 10.4 Å². The molecule has 1 heterocycles. The molecule has 0 aliphatic rings. The number of halogens is 2. The lowest BCUT2D eigenvalue weighted by Gasteiger charge is -2.07. The van der Waals surface area contributed by atoms with Crippen molar-refractivity contribution < 1.29 is 9.18 Å². The van der Waals surface area contributed by atoms with Crippen molar-refractivity contribution >= 4 is 17.5 Å². The third-order valence-electron chi connectivity index (χ3n) is 4.01. The zero-order chi connectivity index (χ0) is 18.0. The average Bonchev–Trinajstić information content (AvgIpc) is 2.98. The van der Waals surface area contributed by atoms with E-state index in [4.69, 9.17) is 11.6 Å². The zero-order valence-corrected chi connectivity index (χ0v) is 14.6. The summed E-state index contributed by atoms with van der Waals surface area (Å²) < 4.78 is 15.3. The molecule has 25 heavy (non-hydrogen) atoms. The molecule has 1 aromatic heterocycles. The van der Waals surface area contributed by atoms with Gasteiger partial charge in [0.15, 0.2) is 0 Å². The van der Waals surface area contributed by atoms with Crippen LogP contribution in [-0.2, 0) is 6.54 Å². The van der Waals surface area contributed by atoms with Crippen molar-refractivity contribution in [2.45, 2.75) is 20.4 Å². The summed E-state index contributed by atoms with van der Waals surface area (Å²) in [5.41, 5.74) is 3.30. The van der Waals surface area contributed by atoms with E-state index in [0.29, 0.717) is 21.7 Å². The van der Waals surface area contributed by atoms with Gasteiger partial charge in [0.05, 0.1) is 23.1 Å². The van der Waals surface area contributed by atoms with Crippen LogP contribution in [-0.4, -0.2) is 15.7 Å². The van der Waals surface area contributed by atoms with Crippen LogP contribution in [0.3, 0.4) is 0 Å². The molecule has 128 valence electrons. The highest BCUT2D eigenvalue weighted by Crippen LogP contribution is 2.17. The van der Waals surface area contributed by atoms with E-state index < -0.39 is 0 Å². The first-order valence-corrected chi connectivity index (χ1v) is 8.17. The van der Waals surface area contributed by atoms with E-state index in [1.165, 1.54) is 12.3 Å². The van der Waals surface area contributed by atoms with Gasteiger partial charge in [-0.15, -0.1) is 0 Å². The fourth-order valence-electron chi connectivity index (χ4n) is 2.50. The minimum Gasteiger partial charge on any atom is -0.348 e. The molecule has 0 saturated carbocycles. The van der Waals surface area contributed by atoms with Crippen molar-refractivity contribution in [3.8, 4) is 5.69 Å². The van der Waals surface area contributed by atoms with Gasteiger partial charge >= 0.3 is 0 Å². The number of amides is 1. The third-order valence-corrected chi connectivity index (χ3v) is 4.27. The summed E-state index contributed by atoms with van der Waals surface area (Å²) in [5, 5.41) is 7.70.